The molecule has 0 unspecified atom stereocenters. The third kappa shape index (κ3) is 3.14. The maximum atomic E-state index is 12.3. The molecule has 0 aliphatic carbocycles. The van der Waals surface area contributed by atoms with E-state index in [1.807, 2.05) is 36.4 Å². The zero-order valence-corrected chi connectivity index (χ0v) is 14.3. The van der Waals surface area contributed by atoms with Gasteiger partial charge in [-0.05, 0) is 0 Å². The Morgan fingerprint density at radius 2 is 1.69 bits per heavy atom. The Balaban J connectivity index is 1.64. The molecule has 4 rings (SSSR count). The van der Waals surface area contributed by atoms with Crippen LogP contribution in [0.5, 0.6) is 0 Å². The van der Waals surface area contributed by atoms with Crippen molar-refractivity contribution in [1.29, 1.82) is 0 Å². The van der Waals surface area contributed by atoms with Crippen LogP contribution in [0.4, 0.5) is 0 Å². The summed E-state index contributed by atoms with van der Waals surface area (Å²) in [5.41, 5.74) is 1.27. The lowest BCUT2D eigenvalue weighted by atomic mass is 10.2. The van der Waals surface area contributed by atoms with Gasteiger partial charge >= 0.3 is 0 Å². The molecule has 0 amide bonds. The minimum absolute atomic E-state index is 0.0138. The number of ketones is 1. The Morgan fingerprint density at radius 1 is 1.00 bits per heavy atom. The molecule has 4 aromatic rings. The fraction of sp³-hybridized carbons (Fsp3) is 0.0556. The van der Waals surface area contributed by atoms with Crippen molar-refractivity contribution in [1.82, 2.24) is 24.8 Å². The van der Waals surface area contributed by atoms with Crippen molar-refractivity contribution in [3.8, 4) is 11.3 Å². The van der Waals surface area contributed by atoms with E-state index in [1.165, 1.54) is 16.3 Å². The van der Waals surface area contributed by atoms with Gasteiger partial charge in [-0.3, -0.25) is 14.6 Å². The summed E-state index contributed by atoms with van der Waals surface area (Å²) in [6, 6.07) is 18.2. The molecule has 0 atom stereocenters. The van der Waals surface area contributed by atoms with Crippen molar-refractivity contribution < 1.29 is 4.79 Å². The van der Waals surface area contributed by atoms with Gasteiger partial charge in [0.05, 0.1) is 5.75 Å². The predicted molar refractivity (Wildman–Crippen MR) is 98.3 cm³/mol. The van der Waals surface area contributed by atoms with Gasteiger partial charge in [-0.2, -0.15) is 9.61 Å². The molecule has 0 spiro atoms. The molecular weight excluding hydrogens is 350 g/mol. The number of H-pyrrole nitrogens is 1. The standard InChI is InChI=1S/C18H13N5O2S/c24-14(12-7-3-1-4-8-12)11-26-18-21-20-17-19-16(25)15(22-23(17)18)13-9-5-2-6-10-13/h1-10H,11H2,(H,19,20,25). The highest BCUT2D eigenvalue weighted by molar-refractivity contribution is 7.99. The van der Waals surface area contributed by atoms with Crippen LogP contribution < -0.4 is 5.56 Å². The van der Waals surface area contributed by atoms with Gasteiger partial charge in [-0.25, -0.2) is 0 Å². The first-order valence-corrected chi connectivity index (χ1v) is 8.83. The number of hydrogen-bond acceptors (Lipinski definition) is 6. The van der Waals surface area contributed by atoms with E-state index in [2.05, 4.69) is 20.3 Å². The van der Waals surface area contributed by atoms with Crippen LogP contribution in [-0.2, 0) is 0 Å². The Kier molecular flexibility index (Phi) is 4.32. The summed E-state index contributed by atoms with van der Waals surface area (Å²) in [6.45, 7) is 0. The number of carbonyl (C=O) groups is 1. The van der Waals surface area contributed by atoms with Gasteiger partial charge in [0, 0.05) is 11.1 Å². The van der Waals surface area contributed by atoms with E-state index in [0.29, 0.717) is 16.3 Å². The molecule has 1 N–H and O–H groups in total. The molecule has 0 saturated carbocycles. The molecule has 0 aliphatic rings. The fourth-order valence-corrected chi connectivity index (χ4v) is 3.23. The quantitative estimate of drug-likeness (QED) is 0.432. The molecule has 128 valence electrons. The number of benzene rings is 2. The van der Waals surface area contributed by atoms with E-state index in [9.17, 15) is 9.59 Å². The summed E-state index contributed by atoms with van der Waals surface area (Å²) in [4.78, 5) is 27.2. The molecular formula is C18H13N5O2S. The van der Waals surface area contributed by atoms with E-state index in [-0.39, 0.29) is 28.6 Å². The highest BCUT2D eigenvalue weighted by Gasteiger charge is 2.15. The number of carbonyl (C=O) groups excluding carboxylic acids is 1. The van der Waals surface area contributed by atoms with E-state index in [0.717, 1.165) is 0 Å². The molecule has 2 aromatic carbocycles. The van der Waals surface area contributed by atoms with Gasteiger partial charge in [0.15, 0.2) is 11.5 Å². The lowest BCUT2D eigenvalue weighted by Gasteiger charge is -2.02. The fourth-order valence-electron chi connectivity index (χ4n) is 2.45. The first-order valence-electron chi connectivity index (χ1n) is 7.84. The van der Waals surface area contributed by atoms with Gasteiger partial charge in [0.25, 0.3) is 11.3 Å². The van der Waals surface area contributed by atoms with Crippen LogP contribution in [0.15, 0.2) is 70.6 Å². The largest absolute Gasteiger partial charge is 0.293 e. The third-order valence-corrected chi connectivity index (χ3v) is 4.65. The highest BCUT2D eigenvalue weighted by Crippen LogP contribution is 2.18. The molecule has 7 nitrogen and oxygen atoms in total. The first-order chi connectivity index (χ1) is 12.7. The maximum absolute atomic E-state index is 12.3. The monoisotopic (exact) mass is 363 g/mol. The molecule has 8 heteroatoms. The van der Waals surface area contributed by atoms with E-state index < -0.39 is 0 Å². The molecule has 26 heavy (non-hydrogen) atoms. The van der Waals surface area contributed by atoms with Gasteiger partial charge in [-0.1, -0.05) is 72.4 Å². The zero-order chi connectivity index (χ0) is 17.9. The third-order valence-electron chi connectivity index (χ3n) is 3.73. The van der Waals surface area contributed by atoms with Gasteiger partial charge < -0.3 is 0 Å². The van der Waals surface area contributed by atoms with Crippen molar-refractivity contribution in [2.45, 2.75) is 5.16 Å². The number of Topliss-reactive ketones (excluding diaryl/α,β-unsaturated/α-hetero) is 1. The number of fused-ring (bicyclic) bond motifs is 1. The molecule has 0 fully saturated rings. The second kappa shape index (κ2) is 6.93. The Bertz CT molecular complexity index is 1120. The molecule has 0 aliphatic heterocycles. The minimum atomic E-state index is -0.340. The number of thioether (sulfide) groups is 1. The number of nitrogens with zero attached hydrogens (tertiary/aromatic N) is 4. The Hall–Kier alpha value is -3.26. The lowest BCUT2D eigenvalue weighted by molar-refractivity contribution is 0.102. The molecule has 0 bridgehead atoms. The zero-order valence-electron chi connectivity index (χ0n) is 13.5. The minimum Gasteiger partial charge on any atom is -0.293 e. The average Bonchev–Trinajstić information content (AvgIpc) is 3.08. The van der Waals surface area contributed by atoms with Gasteiger partial charge in [-0.15, -0.1) is 10.2 Å². The summed E-state index contributed by atoms with van der Waals surface area (Å²) < 4.78 is 1.45. The van der Waals surface area contributed by atoms with Crippen LogP contribution in [0.3, 0.4) is 0 Å². The van der Waals surface area contributed by atoms with E-state index >= 15 is 0 Å². The van der Waals surface area contributed by atoms with Crippen LogP contribution in [0, 0.1) is 0 Å². The summed E-state index contributed by atoms with van der Waals surface area (Å²) in [6.07, 6.45) is 0. The van der Waals surface area contributed by atoms with Crippen molar-refractivity contribution in [2.75, 3.05) is 5.75 Å². The second-order valence-corrected chi connectivity index (χ2v) is 6.41. The van der Waals surface area contributed by atoms with Crippen LogP contribution in [0.25, 0.3) is 17.0 Å². The van der Waals surface area contributed by atoms with Crippen LogP contribution in [-0.4, -0.2) is 36.3 Å². The lowest BCUT2D eigenvalue weighted by Crippen LogP contribution is -2.15. The topological polar surface area (TPSA) is 93.0 Å². The average molecular weight is 363 g/mol. The van der Waals surface area contributed by atoms with Crippen molar-refractivity contribution in [2.24, 2.45) is 0 Å². The first kappa shape index (κ1) is 16.2. The molecule has 0 saturated heterocycles. The summed E-state index contributed by atoms with van der Waals surface area (Å²) in [7, 11) is 0. The van der Waals surface area contributed by atoms with Crippen molar-refractivity contribution in [3.05, 3.63) is 76.6 Å². The smallest absolute Gasteiger partial charge is 0.279 e. The molecule has 0 radical (unpaired) electrons. The van der Waals surface area contributed by atoms with Gasteiger partial charge in [0.1, 0.15) is 0 Å². The summed E-state index contributed by atoms with van der Waals surface area (Å²) in [5.74, 6) is 0.427. The Morgan fingerprint density at radius 3 is 2.42 bits per heavy atom. The summed E-state index contributed by atoms with van der Waals surface area (Å²) >= 11 is 1.22. The SMILES string of the molecule is O=C(CSc1nnc2[nH]c(=O)c(-c3ccccc3)nn12)c1ccccc1. The second-order valence-electron chi connectivity index (χ2n) is 5.46. The number of hydrogen-bond donors (Lipinski definition) is 1. The molecule has 2 aromatic heterocycles. The van der Waals surface area contributed by atoms with Crippen molar-refractivity contribution in [3.63, 3.8) is 0 Å². The maximum Gasteiger partial charge on any atom is 0.279 e. The van der Waals surface area contributed by atoms with Crippen molar-refractivity contribution >= 4 is 23.3 Å². The Labute approximate surface area is 152 Å². The number of aromatic amines is 1. The highest BCUT2D eigenvalue weighted by atomic mass is 32.2. The normalized spacial score (nSPS) is 10.9. The number of aromatic nitrogens is 5. The summed E-state index contributed by atoms with van der Waals surface area (Å²) in [5, 5.41) is 12.8. The van der Waals surface area contributed by atoms with Crippen LogP contribution in [0.2, 0.25) is 0 Å². The van der Waals surface area contributed by atoms with Crippen LogP contribution >= 0.6 is 11.8 Å². The number of rotatable bonds is 5. The van der Waals surface area contributed by atoms with Gasteiger partial charge in [0.2, 0.25) is 5.16 Å². The van der Waals surface area contributed by atoms with E-state index in [4.69, 9.17) is 0 Å². The van der Waals surface area contributed by atoms with E-state index in [1.54, 1.807) is 24.3 Å². The number of nitrogens with one attached hydrogen (secondary N) is 1. The predicted octanol–water partition coefficient (Wildman–Crippen LogP) is 2.45. The molecule has 2 heterocycles. The van der Waals surface area contributed by atoms with Crippen LogP contribution in [0.1, 0.15) is 10.4 Å².